The maximum absolute atomic E-state index is 12.2. The van der Waals surface area contributed by atoms with E-state index in [1.54, 1.807) is 39.0 Å². The van der Waals surface area contributed by atoms with E-state index in [0.29, 0.717) is 0 Å². The SMILES string of the molecule is COC(=O)N(c1ccccc1)[C@H](C(=O)O)C(C(=O)O)C(C)(C)C. The molecule has 0 spiro atoms. The molecule has 0 aliphatic rings. The molecule has 2 N–H and O–H groups in total. The van der Waals surface area contributed by atoms with Gasteiger partial charge < -0.3 is 14.9 Å². The molecule has 126 valence electrons. The Morgan fingerprint density at radius 2 is 1.57 bits per heavy atom. The van der Waals surface area contributed by atoms with Crippen LogP contribution in [0.4, 0.5) is 10.5 Å². The fraction of sp³-hybridized carbons (Fsp3) is 0.438. The van der Waals surface area contributed by atoms with Crippen molar-refractivity contribution in [1.29, 1.82) is 0 Å². The van der Waals surface area contributed by atoms with E-state index in [0.717, 1.165) is 12.0 Å². The van der Waals surface area contributed by atoms with Crippen molar-refractivity contribution < 1.29 is 29.3 Å². The van der Waals surface area contributed by atoms with Gasteiger partial charge in [0.2, 0.25) is 0 Å². The highest BCUT2D eigenvalue weighted by Gasteiger charge is 2.47. The fourth-order valence-corrected chi connectivity index (χ4v) is 2.45. The van der Waals surface area contributed by atoms with Crippen molar-refractivity contribution in [3.05, 3.63) is 30.3 Å². The lowest BCUT2D eigenvalue weighted by Crippen LogP contribution is -2.55. The molecule has 1 rings (SSSR count). The predicted octanol–water partition coefficient (Wildman–Crippen LogP) is 2.46. The minimum Gasteiger partial charge on any atom is -0.481 e. The van der Waals surface area contributed by atoms with E-state index in [1.807, 2.05) is 0 Å². The molecule has 1 unspecified atom stereocenters. The van der Waals surface area contributed by atoms with Crippen LogP contribution < -0.4 is 4.90 Å². The third kappa shape index (κ3) is 4.21. The van der Waals surface area contributed by atoms with Gasteiger partial charge in [-0.3, -0.25) is 9.69 Å². The highest BCUT2D eigenvalue weighted by molar-refractivity contribution is 5.97. The van der Waals surface area contributed by atoms with Crippen LogP contribution in [0.3, 0.4) is 0 Å². The first kappa shape index (κ1) is 18.5. The number of amides is 1. The van der Waals surface area contributed by atoms with Gasteiger partial charge in [0.05, 0.1) is 13.0 Å². The Morgan fingerprint density at radius 1 is 1.04 bits per heavy atom. The van der Waals surface area contributed by atoms with Crippen LogP contribution in [0, 0.1) is 11.3 Å². The van der Waals surface area contributed by atoms with E-state index >= 15 is 0 Å². The fourth-order valence-electron chi connectivity index (χ4n) is 2.45. The van der Waals surface area contributed by atoms with Gasteiger partial charge in [-0.05, 0) is 17.5 Å². The van der Waals surface area contributed by atoms with Crippen LogP contribution in [-0.4, -0.2) is 41.4 Å². The summed E-state index contributed by atoms with van der Waals surface area (Å²) in [4.78, 5) is 36.5. The van der Waals surface area contributed by atoms with Gasteiger partial charge in [-0.2, -0.15) is 0 Å². The van der Waals surface area contributed by atoms with Crippen molar-refractivity contribution in [3.63, 3.8) is 0 Å². The minimum absolute atomic E-state index is 0.252. The molecule has 0 bridgehead atoms. The molecule has 2 atom stereocenters. The van der Waals surface area contributed by atoms with Gasteiger partial charge in [0.1, 0.15) is 0 Å². The average molecular weight is 323 g/mol. The molecular weight excluding hydrogens is 302 g/mol. The summed E-state index contributed by atoms with van der Waals surface area (Å²) in [6.45, 7) is 4.84. The Labute approximate surface area is 134 Å². The van der Waals surface area contributed by atoms with Crippen molar-refractivity contribution in [2.75, 3.05) is 12.0 Å². The van der Waals surface area contributed by atoms with E-state index < -0.39 is 35.4 Å². The molecule has 1 aromatic carbocycles. The first-order chi connectivity index (χ1) is 10.6. The molecule has 23 heavy (non-hydrogen) atoms. The summed E-state index contributed by atoms with van der Waals surface area (Å²) in [7, 11) is 1.12. The average Bonchev–Trinajstić information content (AvgIpc) is 2.45. The highest BCUT2D eigenvalue weighted by atomic mass is 16.5. The number of benzene rings is 1. The number of para-hydroxylation sites is 1. The van der Waals surface area contributed by atoms with Gasteiger partial charge in [-0.1, -0.05) is 39.0 Å². The van der Waals surface area contributed by atoms with Gasteiger partial charge in [0.15, 0.2) is 6.04 Å². The zero-order chi connectivity index (χ0) is 17.8. The van der Waals surface area contributed by atoms with Gasteiger partial charge in [-0.15, -0.1) is 0 Å². The predicted molar refractivity (Wildman–Crippen MR) is 83.3 cm³/mol. The normalized spacial score (nSPS) is 13.7. The topological polar surface area (TPSA) is 104 Å². The lowest BCUT2D eigenvalue weighted by Gasteiger charge is -2.37. The second kappa shape index (κ2) is 7.13. The van der Waals surface area contributed by atoms with E-state index in [4.69, 9.17) is 0 Å². The third-order valence-electron chi connectivity index (χ3n) is 3.45. The molecule has 1 amide bonds. The molecule has 0 heterocycles. The van der Waals surface area contributed by atoms with Crippen LogP contribution >= 0.6 is 0 Å². The van der Waals surface area contributed by atoms with Crippen LogP contribution in [0.5, 0.6) is 0 Å². The maximum Gasteiger partial charge on any atom is 0.414 e. The monoisotopic (exact) mass is 323 g/mol. The zero-order valence-electron chi connectivity index (χ0n) is 13.5. The Morgan fingerprint density at radius 3 is 1.91 bits per heavy atom. The third-order valence-corrected chi connectivity index (χ3v) is 3.45. The summed E-state index contributed by atoms with van der Waals surface area (Å²) < 4.78 is 4.67. The molecule has 0 aliphatic heterocycles. The van der Waals surface area contributed by atoms with E-state index in [9.17, 15) is 24.6 Å². The number of methoxy groups -OCH3 is 1. The molecule has 1 aromatic rings. The Hall–Kier alpha value is -2.57. The lowest BCUT2D eigenvalue weighted by molar-refractivity contribution is -0.154. The van der Waals surface area contributed by atoms with Crippen molar-refractivity contribution >= 4 is 23.7 Å². The molecule has 7 heteroatoms. The summed E-state index contributed by atoms with van der Waals surface area (Å²) >= 11 is 0. The summed E-state index contributed by atoms with van der Waals surface area (Å²) in [6, 6.07) is 6.38. The number of aliphatic carboxylic acids is 2. The Balaban J connectivity index is 3.51. The number of anilines is 1. The molecule has 0 radical (unpaired) electrons. The second-order valence-electron chi connectivity index (χ2n) is 6.14. The van der Waals surface area contributed by atoms with E-state index in [2.05, 4.69) is 4.74 Å². The quantitative estimate of drug-likeness (QED) is 0.862. The first-order valence-electron chi connectivity index (χ1n) is 6.99. The van der Waals surface area contributed by atoms with Crippen molar-refractivity contribution in [1.82, 2.24) is 0 Å². The molecular formula is C16H21NO6. The molecule has 0 fully saturated rings. The largest absolute Gasteiger partial charge is 0.481 e. The number of carboxylic acids is 2. The van der Waals surface area contributed by atoms with Gasteiger partial charge in [0.25, 0.3) is 0 Å². The van der Waals surface area contributed by atoms with Crippen LogP contribution in [0.25, 0.3) is 0 Å². The Kier molecular flexibility index (Phi) is 5.73. The number of rotatable bonds is 5. The molecule has 0 aliphatic carbocycles. The second-order valence-corrected chi connectivity index (χ2v) is 6.14. The number of carbonyl (C=O) groups excluding carboxylic acids is 1. The number of nitrogens with zero attached hydrogens (tertiary/aromatic N) is 1. The summed E-state index contributed by atoms with van der Waals surface area (Å²) in [5, 5.41) is 19.2. The minimum atomic E-state index is -1.61. The van der Waals surface area contributed by atoms with Crippen molar-refractivity contribution in [3.8, 4) is 0 Å². The first-order valence-corrected chi connectivity index (χ1v) is 6.99. The van der Waals surface area contributed by atoms with Crippen molar-refractivity contribution in [2.45, 2.75) is 26.8 Å². The molecule has 7 nitrogen and oxygen atoms in total. The van der Waals surface area contributed by atoms with Gasteiger partial charge in [-0.25, -0.2) is 9.59 Å². The Bertz CT molecular complexity index is 578. The highest BCUT2D eigenvalue weighted by Crippen LogP contribution is 2.34. The molecule has 0 saturated heterocycles. The molecule has 0 saturated carbocycles. The van der Waals surface area contributed by atoms with Crippen LogP contribution in [-0.2, 0) is 14.3 Å². The number of carbonyl (C=O) groups is 3. The smallest absolute Gasteiger partial charge is 0.414 e. The zero-order valence-corrected chi connectivity index (χ0v) is 13.5. The maximum atomic E-state index is 12.2. The van der Waals surface area contributed by atoms with Crippen LogP contribution in [0.2, 0.25) is 0 Å². The number of hydrogen-bond donors (Lipinski definition) is 2. The van der Waals surface area contributed by atoms with Gasteiger partial charge in [0, 0.05) is 5.69 Å². The molecule has 0 aromatic heterocycles. The standard InChI is InChI=1S/C16H21NO6/c1-16(2,3)11(13(18)19)12(14(20)21)17(15(22)23-4)10-8-6-5-7-9-10/h5-9,11-12H,1-4H3,(H,18,19)(H,20,21)/t11?,12-/m0/s1. The number of hydrogen-bond acceptors (Lipinski definition) is 4. The number of ether oxygens (including phenoxy) is 1. The van der Waals surface area contributed by atoms with E-state index in [-0.39, 0.29) is 5.69 Å². The van der Waals surface area contributed by atoms with Crippen molar-refractivity contribution in [2.24, 2.45) is 11.3 Å². The summed E-state index contributed by atoms with van der Waals surface area (Å²) in [5.74, 6) is -4.05. The van der Waals surface area contributed by atoms with Gasteiger partial charge >= 0.3 is 18.0 Å². The van der Waals surface area contributed by atoms with Crippen LogP contribution in [0.15, 0.2) is 30.3 Å². The summed E-state index contributed by atoms with van der Waals surface area (Å²) in [6.07, 6.45) is -0.931. The number of carboxylic acid groups (broad SMARTS) is 2. The van der Waals surface area contributed by atoms with E-state index in [1.165, 1.54) is 12.1 Å². The summed E-state index contributed by atoms with van der Waals surface area (Å²) in [5.41, 5.74) is -0.641. The lowest BCUT2D eigenvalue weighted by atomic mass is 9.75. The van der Waals surface area contributed by atoms with Crippen LogP contribution in [0.1, 0.15) is 20.8 Å².